The summed E-state index contributed by atoms with van der Waals surface area (Å²) in [4.78, 5) is 24.3. The molecule has 1 atom stereocenters. The first-order chi connectivity index (χ1) is 7.86. The third-order valence-electron chi connectivity index (χ3n) is 2.00. The molecule has 0 heterocycles. The molecule has 1 unspecified atom stereocenters. The van der Waals surface area contributed by atoms with Crippen LogP contribution in [0, 0.1) is 5.41 Å². The molecule has 0 aromatic rings. The van der Waals surface area contributed by atoms with Crippen molar-refractivity contribution in [3.05, 3.63) is 0 Å². The van der Waals surface area contributed by atoms with Crippen LogP contribution in [-0.4, -0.2) is 43.4 Å². The SMILES string of the molecule is [2H]C([2H])([2H])OCC(C(N)=O)N(C)C(=O)C(C)(C)C. The first kappa shape index (κ1) is 9.15. The van der Waals surface area contributed by atoms with Gasteiger partial charge in [0, 0.05) is 19.5 Å². The Morgan fingerprint density at radius 1 is 1.53 bits per heavy atom. The lowest BCUT2D eigenvalue weighted by Crippen LogP contribution is -2.51. The van der Waals surface area contributed by atoms with Gasteiger partial charge in [-0.1, -0.05) is 20.8 Å². The van der Waals surface area contributed by atoms with Crippen LogP contribution in [0.25, 0.3) is 0 Å². The van der Waals surface area contributed by atoms with E-state index in [1.165, 1.54) is 7.05 Å². The Bertz CT molecular complexity index is 323. The quantitative estimate of drug-likeness (QED) is 0.723. The number of hydrogen-bond acceptors (Lipinski definition) is 3. The zero-order chi connectivity index (χ0) is 14.7. The molecule has 88 valence electrons. The number of likely N-dealkylation sites (N-methyl/N-ethyl adjacent to an activating group) is 1. The highest BCUT2D eigenvalue weighted by molar-refractivity contribution is 5.88. The van der Waals surface area contributed by atoms with Gasteiger partial charge in [0.15, 0.2) is 0 Å². The van der Waals surface area contributed by atoms with Gasteiger partial charge in [-0.3, -0.25) is 9.59 Å². The average molecular weight is 219 g/mol. The fraction of sp³-hybridized carbons (Fsp3) is 0.800. The van der Waals surface area contributed by atoms with Crippen molar-refractivity contribution >= 4 is 11.8 Å². The molecule has 5 nitrogen and oxygen atoms in total. The molecule has 0 spiro atoms. The summed E-state index contributed by atoms with van der Waals surface area (Å²) in [5, 5.41) is 0. The van der Waals surface area contributed by atoms with E-state index in [1.54, 1.807) is 20.8 Å². The maximum atomic E-state index is 12.0. The summed E-state index contributed by atoms with van der Waals surface area (Å²) in [6.45, 7) is 4.61. The molecule has 0 aliphatic carbocycles. The van der Waals surface area contributed by atoms with E-state index in [1.807, 2.05) is 0 Å². The van der Waals surface area contributed by atoms with Crippen molar-refractivity contribution in [2.24, 2.45) is 11.1 Å². The van der Waals surface area contributed by atoms with E-state index in [-0.39, 0.29) is 5.91 Å². The molecular formula is C10H20N2O3. The van der Waals surface area contributed by atoms with Crippen molar-refractivity contribution in [3.63, 3.8) is 0 Å². The number of rotatable bonds is 4. The Kier molecular flexibility index (Phi) is 3.12. The molecule has 5 heteroatoms. The molecule has 0 fully saturated rings. The molecule has 0 saturated carbocycles. The highest BCUT2D eigenvalue weighted by Gasteiger charge is 2.31. The number of primary amides is 1. The number of nitrogens with two attached hydrogens (primary N) is 1. The maximum Gasteiger partial charge on any atom is 0.242 e. The molecule has 2 amide bonds. The van der Waals surface area contributed by atoms with Crippen LogP contribution >= 0.6 is 0 Å². The van der Waals surface area contributed by atoms with E-state index < -0.39 is 31.0 Å². The topological polar surface area (TPSA) is 72.6 Å². The van der Waals surface area contributed by atoms with E-state index in [0.29, 0.717) is 0 Å². The summed E-state index contributed by atoms with van der Waals surface area (Å²) >= 11 is 0. The minimum Gasteiger partial charge on any atom is -0.382 e. The lowest BCUT2D eigenvalue weighted by molar-refractivity contribution is -0.145. The van der Waals surface area contributed by atoms with Crippen LogP contribution in [0.3, 0.4) is 0 Å². The largest absolute Gasteiger partial charge is 0.382 e. The van der Waals surface area contributed by atoms with Crippen LogP contribution in [0.4, 0.5) is 0 Å². The standard InChI is InChI=1S/C10H20N2O3/c1-10(2,3)9(14)12(4)7(6-15-5)8(11)13/h7H,6H2,1-5H3,(H2,11,13)/i5D3. The highest BCUT2D eigenvalue weighted by Crippen LogP contribution is 2.17. The Labute approximate surface area is 94.8 Å². The first-order valence-electron chi connectivity index (χ1n) is 6.07. The molecule has 0 rings (SSSR count). The molecule has 0 aliphatic rings. The van der Waals surface area contributed by atoms with Gasteiger partial charge in [0.1, 0.15) is 6.04 Å². The summed E-state index contributed by atoms with van der Waals surface area (Å²) in [5.41, 5.74) is 4.46. The van der Waals surface area contributed by atoms with Gasteiger partial charge >= 0.3 is 0 Å². The summed E-state index contributed by atoms with van der Waals surface area (Å²) in [6, 6.07) is -1.10. The number of methoxy groups -OCH3 is 1. The van der Waals surface area contributed by atoms with Crippen LogP contribution in [0.2, 0.25) is 0 Å². The minimum atomic E-state index is -2.63. The molecule has 0 saturated heterocycles. The number of hydrogen-bond donors (Lipinski definition) is 1. The average Bonchev–Trinajstić information content (AvgIpc) is 2.12. The van der Waals surface area contributed by atoms with Gasteiger partial charge in [0.2, 0.25) is 11.8 Å². The lowest BCUT2D eigenvalue weighted by Gasteiger charge is -2.30. The summed E-state index contributed by atoms with van der Waals surface area (Å²) < 4.78 is 25.2. The van der Waals surface area contributed by atoms with Crippen LogP contribution in [0.15, 0.2) is 0 Å². The number of carbonyl (C=O) groups is 2. The van der Waals surface area contributed by atoms with Crippen LogP contribution in [0.5, 0.6) is 0 Å². The van der Waals surface area contributed by atoms with Crippen LogP contribution < -0.4 is 5.73 Å². The molecule has 15 heavy (non-hydrogen) atoms. The van der Waals surface area contributed by atoms with Crippen molar-refractivity contribution in [1.29, 1.82) is 0 Å². The zero-order valence-electron chi connectivity index (χ0n) is 12.5. The van der Waals surface area contributed by atoms with Crippen molar-refractivity contribution in [3.8, 4) is 0 Å². The third kappa shape index (κ3) is 3.87. The summed E-state index contributed by atoms with van der Waals surface area (Å²) in [7, 11) is -1.23. The van der Waals surface area contributed by atoms with Gasteiger partial charge in [0.25, 0.3) is 0 Å². The number of amides is 2. The third-order valence-corrected chi connectivity index (χ3v) is 2.00. The Balaban J connectivity index is 4.81. The van der Waals surface area contributed by atoms with Gasteiger partial charge in [-0.05, 0) is 0 Å². The molecule has 0 radical (unpaired) electrons. The van der Waals surface area contributed by atoms with Gasteiger partial charge in [-0.2, -0.15) is 0 Å². The second-order valence-electron chi connectivity index (χ2n) is 4.40. The second kappa shape index (κ2) is 5.11. The smallest absolute Gasteiger partial charge is 0.242 e. The van der Waals surface area contributed by atoms with Crippen LogP contribution in [0.1, 0.15) is 24.9 Å². The van der Waals surface area contributed by atoms with E-state index in [4.69, 9.17) is 9.85 Å². The Morgan fingerprint density at radius 2 is 2.07 bits per heavy atom. The minimum absolute atomic E-state index is 0.319. The van der Waals surface area contributed by atoms with Gasteiger partial charge < -0.3 is 15.4 Å². The van der Waals surface area contributed by atoms with Crippen LogP contribution in [-0.2, 0) is 14.3 Å². The molecule has 0 aliphatic heterocycles. The predicted octanol–water partition coefficient (Wildman–Crippen LogP) is -0.00880. The fourth-order valence-electron chi connectivity index (χ4n) is 1.13. The molecule has 2 N–H and O–H groups in total. The molecule has 0 aromatic heterocycles. The predicted molar refractivity (Wildman–Crippen MR) is 57.1 cm³/mol. The van der Waals surface area contributed by atoms with E-state index in [9.17, 15) is 9.59 Å². The number of carbonyl (C=O) groups excluding carboxylic acids is 2. The Hall–Kier alpha value is -1.10. The fourth-order valence-corrected chi connectivity index (χ4v) is 1.13. The van der Waals surface area contributed by atoms with Gasteiger partial charge in [-0.15, -0.1) is 0 Å². The first-order valence-corrected chi connectivity index (χ1v) is 4.57. The van der Waals surface area contributed by atoms with Crippen molar-refractivity contribution in [2.45, 2.75) is 26.8 Å². The Morgan fingerprint density at radius 3 is 2.40 bits per heavy atom. The normalized spacial score (nSPS) is 17.2. The lowest BCUT2D eigenvalue weighted by atomic mass is 9.94. The molecule has 0 bridgehead atoms. The summed E-state index contributed by atoms with van der Waals surface area (Å²) in [5.74, 6) is -1.13. The van der Waals surface area contributed by atoms with Crippen molar-refractivity contribution in [2.75, 3.05) is 20.7 Å². The van der Waals surface area contributed by atoms with Crippen molar-refractivity contribution in [1.82, 2.24) is 4.90 Å². The van der Waals surface area contributed by atoms with Gasteiger partial charge in [-0.25, -0.2) is 0 Å². The second-order valence-corrected chi connectivity index (χ2v) is 4.40. The molecular weight excluding hydrogens is 196 g/mol. The highest BCUT2D eigenvalue weighted by atomic mass is 16.5. The van der Waals surface area contributed by atoms with E-state index >= 15 is 0 Å². The molecule has 0 aromatic carbocycles. The number of ether oxygens (including phenoxy) is 1. The van der Waals surface area contributed by atoms with Gasteiger partial charge in [0.05, 0.1) is 10.7 Å². The maximum absolute atomic E-state index is 12.0. The monoisotopic (exact) mass is 219 g/mol. The van der Waals surface area contributed by atoms with Crippen molar-refractivity contribution < 1.29 is 18.4 Å². The summed E-state index contributed by atoms with van der Waals surface area (Å²) in [6.07, 6.45) is 0. The van der Waals surface area contributed by atoms with E-state index in [0.717, 1.165) is 4.90 Å². The number of nitrogens with zero attached hydrogens (tertiary/aromatic N) is 1. The zero-order valence-corrected chi connectivity index (χ0v) is 9.53. The van der Waals surface area contributed by atoms with E-state index in [2.05, 4.69) is 4.74 Å².